The first-order valence-corrected chi connectivity index (χ1v) is 39.4. The van der Waals surface area contributed by atoms with E-state index in [9.17, 15) is 19.4 Å². The lowest BCUT2D eigenvalue weighted by Crippen LogP contribution is -2.46. The van der Waals surface area contributed by atoms with Crippen LogP contribution in [0.25, 0.3) is 0 Å². The Morgan fingerprint density at radius 3 is 1.01 bits per heavy atom. The van der Waals surface area contributed by atoms with Crippen molar-refractivity contribution in [2.24, 2.45) is 0 Å². The summed E-state index contributed by atoms with van der Waals surface area (Å²) in [5, 5.41) is 14.1. The van der Waals surface area contributed by atoms with Crippen molar-refractivity contribution in [2.45, 2.75) is 373 Å². The maximum atomic E-state index is 13.1. The summed E-state index contributed by atoms with van der Waals surface area (Å²) in [5.41, 5.74) is 0. The minimum absolute atomic E-state index is 0.0111. The van der Waals surface area contributed by atoms with Gasteiger partial charge in [0.1, 0.15) is 13.2 Å². The monoisotopic (exact) mass is 1250 g/mol. The van der Waals surface area contributed by atoms with Gasteiger partial charge in [-0.1, -0.05) is 369 Å². The van der Waals surface area contributed by atoms with Crippen molar-refractivity contribution in [1.29, 1.82) is 0 Å². The van der Waals surface area contributed by atoms with Gasteiger partial charge in [0.25, 0.3) is 7.82 Å². The highest BCUT2D eigenvalue weighted by molar-refractivity contribution is 7.45. The van der Waals surface area contributed by atoms with E-state index in [-0.39, 0.29) is 19.1 Å². The molecule has 0 aliphatic heterocycles. The fourth-order valence-corrected chi connectivity index (χ4v) is 12.0. The number of carbonyl (C=O) groups is 1. The largest absolute Gasteiger partial charge is 0.756 e. The lowest BCUT2D eigenvalue weighted by Gasteiger charge is -2.30. The maximum absolute atomic E-state index is 13.1. The Morgan fingerprint density at radius 1 is 0.409 bits per heavy atom. The molecule has 0 bridgehead atoms. The van der Waals surface area contributed by atoms with Gasteiger partial charge in [0.05, 0.1) is 39.9 Å². The number of carbonyl (C=O) groups excluding carboxylic acids is 1. The second-order valence-electron chi connectivity index (χ2n) is 27.0. The van der Waals surface area contributed by atoms with Gasteiger partial charge in [-0.05, 0) is 70.6 Å². The number of unbranched alkanes of at least 4 members (excludes halogenated alkanes) is 43. The Hall–Kier alpha value is -2.32. The molecule has 2 N–H and O–H groups in total. The summed E-state index contributed by atoms with van der Waals surface area (Å²) in [6.45, 7) is 4.65. The molecule has 3 atom stereocenters. The molecular formula is C79H147N2O6P. The van der Waals surface area contributed by atoms with Gasteiger partial charge < -0.3 is 28.8 Å². The van der Waals surface area contributed by atoms with Gasteiger partial charge in [-0.15, -0.1) is 0 Å². The highest BCUT2D eigenvalue weighted by Gasteiger charge is 2.24. The van der Waals surface area contributed by atoms with E-state index in [1.165, 1.54) is 250 Å². The molecule has 0 aromatic heterocycles. The summed E-state index contributed by atoms with van der Waals surface area (Å²) < 4.78 is 23.6. The number of nitrogens with zero attached hydrogens (tertiary/aromatic N) is 1. The first-order valence-electron chi connectivity index (χ1n) is 37.9. The second kappa shape index (κ2) is 69.0. The summed E-state index contributed by atoms with van der Waals surface area (Å²) in [6.07, 6.45) is 98.2. The van der Waals surface area contributed by atoms with Crippen molar-refractivity contribution in [3.8, 4) is 0 Å². The van der Waals surface area contributed by atoms with Crippen LogP contribution in [0.4, 0.5) is 0 Å². The predicted octanol–water partition coefficient (Wildman–Crippen LogP) is 24.0. The van der Waals surface area contributed by atoms with Crippen LogP contribution in [0.5, 0.6) is 0 Å². The summed E-state index contributed by atoms with van der Waals surface area (Å²) in [5.74, 6) is -0.162. The molecule has 9 heteroatoms. The molecule has 0 aliphatic carbocycles. The third-order valence-corrected chi connectivity index (χ3v) is 18.1. The summed E-state index contributed by atoms with van der Waals surface area (Å²) >= 11 is 0. The molecule has 0 aliphatic rings. The average Bonchev–Trinajstić information content (AvgIpc) is 3.70. The zero-order valence-corrected chi connectivity index (χ0v) is 59.8. The smallest absolute Gasteiger partial charge is 0.268 e. The van der Waals surface area contributed by atoms with Gasteiger partial charge >= 0.3 is 0 Å². The maximum Gasteiger partial charge on any atom is 0.268 e. The van der Waals surface area contributed by atoms with E-state index in [4.69, 9.17) is 9.05 Å². The molecular weight excluding hydrogens is 1100 g/mol. The quantitative estimate of drug-likeness (QED) is 0.0272. The van der Waals surface area contributed by atoms with Crippen LogP contribution in [0.3, 0.4) is 0 Å². The van der Waals surface area contributed by atoms with E-state index in [1.54, 1.807) is 0 Å². The van der Waals surface area contributed by atoms with E-state index in [0.29, 0.717) is 23.9 Å². The second-order valence-corrected chi connectivity index (χ2v) is 28.4. The Morgan fingerprint density at radius 2 is 0.693 bits per heavy atom. The van der Waals surface area contributed by atoms with Crippen LogP contribution in [0.2, 0.25) is 0 Å². The van der Waals surface area contributed by atoms with Crippen LogP contribution >= 0.6 is 7.82 Å². The molecule has 0 fully saturated rings. The van der Waals surface area contributed by atoms with E-state index in [0.717, 1.165) is 83.5 Å². The number of likely N-dealkylation sites (N-methyl/N-ethyl adjacent to an activating group) is 1. The van der Waals surface area contributed by atoms with Crippen LogP contribution in [-0.2, 0) is 18.4 Å². The number of phosphoric ester groups is 1. The Balaban J connectivity index is 4.00. The lowest BCUT2D eigenvalue weighted by atomic mass is 10.0. The van der Waals surface area contributed by atoms with Crippen molar-refractivity contribution in [3.63, 3.8) is 0 Å². The van der Waals surface area contributed by atoms with Gasteiger partial charge in [-0.2, -0.15) is 0 Å². The zero-order valence-electron chi connectivity index (χ0n) is 58.9. The van der Waals surface area contributed by atoms with E-state index < -0.39 is 20.0 Å². The first kappa shape index (κ1) is 85.7. The standard InChI is InChI=1S/C79H147N2O6P/c1-6-8-10-12-14-16-18-20-22-24-26-28-30-32-34-36-37-38-39-40-41-42-43-45-47-49-51-53-55-57-59-61-63-65-67-69-71-73-79(83)80-77(76-87-88(84,85)86-75-74-81(3,4)5)78(82)72-70-68-66-64-62-60-58-56-54-52-50-48-46-44-35-33-31-29-27-25-23-21-19-17-15-13-11-9-7-2/h8,10,14,16,20,22,26,28,32,34,37-38,40-41,77-78,82H,6-7,9,11-13,15,17-19,21,23-25,27,29-31,33,35-36,39,42-76H2,1-5H3,(H-,80,83,84,85)/b10-8-,16-14-,22-20-,28-26-,34-32-,38-37-,41-40-. The number of rotatable bonds is 70. The van der Waals surface area contributed by atoms with Crippen molar-refractivity contribution >= 4 is 13.7 Å². The number of aliphatic hydroxyl groups excluding tert-OH is 1. The average molecular weight is 1250 g/mol. The lowest BCUT2D eigenvalue weighted by molar-refractivity contribution is -0.870. The molecule has 0 saturated carbocycles. The number of hydrogen-bond donors (Lipinski definition) is 2. The van der Waals surface area contributed by atoms with Gasteiger partial charge in [0, 0.05) is 6.42 Å². The molecule has 0 saturated heterocycles. The molecule has 0 aromatic carbocycles. The third kappa shape index (κ3) is 71.1. The number of nitrogens with one attached hydrogen (secondary N) is 1. The van der Waals surface area contributed by atoms with Crippen molar-refractivity contribution in [3.05, 3.63) is 85.1 Å². The van der Waals surface area contributed by atoms with Crippen LogP contribution < -0.4 is 10.2 Å². The molecule has 0 aromatic rings. The first-order chi connectivity index (χ1) is 43.0. The molecule has 1 amide bonds. The number of aliphatic hydroxyl groups is 1. The zero-order chi connectivity index (χ0) is 64.1. The molecule has 0 spiro atoms. The van der Waals surface area contributed by atoms with Crippen molar-refractivity contribution in [2.75, 3.05) is 40.9 Å². The Labute approximate surface area is 547 Å². The van der Waals surface area contributed by atoms with Crippen LogP contribution in [0.1, 0.15) is 361 Å². The number of phosphoric acid groups is 1. The summed E-state index contributed by atoms with van der Waals surface area (Å²) in [7, 11) is 1.31. The topological polar surface area (TPSA) is 108 Å². The van der Waals surface area contributed by atoms with Gasteiger partial charge in [0.2, 0.25) is 5.91 Å². The van der Waals surface area contributed by atoms with Crippen molar-refractivity contribution in [1.82, 2.24) is 5.32 Å². The SMILES string of the molecule is CC/C=C\C/C=C\C/C=C\C/C=C\C/C=C\C/C=C\C/C=C\CCCCCCCCCCCCCCCCCC(=O)NC(COP(=O)([O-])OCC[N+](C)(C)C)C(O)CCCCCCCCCCCCCCCCCCCCCCCCCCCCCCC. The highest BCUT2D eigenvalue weighted by Crippen LogP contribution is 2.38. The minimum atomic E-state index is -4.59. The number of quaternary nitrogens is 1. The van der Waals surface area contributed by atoms with Gasteiger partial charge in [0.15, 0.2) is 0 Å². The minimum Gasteiger partial charge on any atom is -0.756 e. The van der Waals surface area contributed by atoms with E-state index in [2.05, 4.69) is 104 Å². The van der Waals surface area contributed by atoms with Crippen LogP contribution in [0.15, 0.2) is 85.1 Å². The molecule has 8 nitrogen and oxygen atoms in total. The summed E-state index contributed by atoms with van der Waals surface area (Å²) in [6, 6.07) is -0.806. The Kier molecular flexibility index (Phi) is 67.2. The van der Waals surface area contributed by atoms with Gasteiger partial charge in [-0.25, -0.2) is 0 Å². The van der Waals surface area contributed by atoms with E-state index in [1.807, 2.05) is 21.1 Å². The van der Waals surface area contributed by atoms with Crippen molar-refractivity contribution < 1.29 is 32.9 Å². The molecule has 0 rings (SSSR count). The fraction of sp³-hybridized carbons (Fsp3) is 0.810. The van der Waals surface area contributed by atoms with Gasteiger partial charge in [-0.3, -0.25) is 9.36 Å². The molecule has 0 heterocycles. The molecule has 88 heavy (non-hydrogen) atoms. The normalized spacial score (nSPS) is 14.0. The highest BCUT2D eigenvalue weighted by atomic mass is 31.2. The van der Waals surface area contributed by atoms with Crippen LogP contribution in [0, 0.1) is 0 Å². The molecule has 0 radical (unpaired) electrons. The van der Waals surface area contributed by atoms with Crippen LogP contribution in [-0.4, -0.2) is 68.5 Å². The van der Waals surface area contributed by atoms with E-state index >= 15 is 0 Å². The number of allylic oxidation sites excluding steroid dienone is 14. The number of hydrogen-bond acceptors (Lipinski definition) is 6. The predicted molar refractivity (Wildman–Crippen MR) is 385 cm³/mol. The number of amides is 1. The molecule has 514 valence electrons. The molecule has 3 unspecified atom stereocenters. The Bertz CT molecular complexity index is 1710. The third-order valence-electron chi connectivity index (χ3n) is 17.1. The fourth-order valence-electron chi connectivity index (χ4n) is 11.3. The summed E-state index contributed by atoms with van der Waals surface area (Å²) in [4.78, 5) is 25.7.